The third-order valence-electron chi connectivity index (χ3n) is 5.56. The first-order chi connectivity index (χ1) is 16.2. The fourth-order valence-electron chi connectivity index (χ4n) is 3.89. The van der Waals surface area contributed by atoms with E-state index in [-0.39, 0.29) is 17.6 Å². The average molecular weight is 494 g/mol. The van der Waals surface area contributed by atoms with Gasteiger partial charge in [0.25, 0.3) is 0 Å². The Bertz CT molecular complexity index is 1210. The summed E-state index contributed by atoms with van der Waals surface area (Å²) in [4.78, 5) is 53.5. The van der Waals surface area contributed by atoms with E-state index in [1.54, 1.807) is 26.0 Å². The number of anilines is 1. The van der Waals surface area contributed by atoms with E-state index in [0.717, 1.165) is 35.0 Å². The van der Waals surface area contributed by atoms with Crippen LogP contribution in [-0.2, 0) is 7.05 Å². The van der Waals surface area contributed by atoms with Gasteiger partial charge in [0.15, 0.2) is 5.82 Å². The van der Waals surface area contributed by atoms with E-state index >= 15 is 0 Å². The molecule has 1 saturated carbocycles. The molecule has 2 heterocycles. The van der Waals surface area contributed by atoms with Gasteiger partial charge in [0.05, 0.1) is 0 Å². The van der Waals surface area contributed by atoms with Crippen molar-refractivity contribution in [3.8, 4) is 0 Å². The second kappa shape index (κ2) is 10.9. The van der Waals surface area contributed by atoms with Gasteiger partial charge in [-0.05, 0) is 33.6 Å². The summed E-state index contributed by atoms with van der Waals surface area (Å²) in [6, 6.07) is -0.553. The third-order valence-corrected chi connectivity index (χ3v) is 5.56. The summed E-state index contributed by atoms with van der Waals surface area (Å²) in [6.07, 6.45) is 5.15. The van der Waals surface area contributed by atoms with Gasteiger partial charge in [-0.1, -0.05) is 33.1 Å². The number of nitrogen functional groups attached to an aromatic ring is 1. The normalized spacial score (nSPS) is 14.4. The summed E-state index contributed by atoms with van der Waals surface area (Å²) in [7, 11) is 5.20. The predicted octanol–water partition coefficient (Wildman–Crippen LogP) is 0.751. The molecule has 1 amide bonds. The quantitative estimate of drug-likeness (QED) is 0.594. The summed E-state index contributed by atoms with van der Waals surface area (Å²) in [5.74, 6) is 6.29. The SMILES string of the molecule is CC(C)c1nn(C(=O)NC(C)(C)C)c(=O)n1N.CN(C)c1nc(=O)n(C2CCCCC2)c(=O)n1C. The average Bonchev–Trinajstić information content (AvgIpc) is 3.06. The standard InChI is InChI=1S/C12H20N4O2.C10H19N5O2/c1-14(2)10-13-11(17)16(12(18)15(10)3)9-7-5-4-6-8-9;1-6(2)7-13-15(9(17)14(7)11)8(16)12-10(3,4)5/h9H,4-8H2,1-3H3;6H,11H2,1-5H3,(H,12,16). The molecule has 0 radical (unpaired) electrons. The first kappa shape index (κ1) is 27.9. The Morgan fingerprint density at radius 2 is 1.66 bits per heavy atom. The fourth-order valence-corrected chi connectivity index (χ4v) is 3.89. The van der Waals surface area contributed by atoms with E-state index < -0.39 is 22.9 Å². The molecule has 1 fully saturated rings. The lowest BCUT2D eigenvalue weighted by Crippen LogP contribution is -2.47. The smallest absolute Gasteiger partial charge is 0.348 e. The molecule has 13 nitrogen and oxygen atoms in total. The second-order valence-corrected chi connectivity index (χ2v) is 10.3. The van der Waals surface area contributed by atoms with Gasteiger partial charge in [-0.3, -0.25) is 4.57 Å². The number of hydrogen-bond acceptors (Lipinski definition) is 8. The van der Waals surface area contributed by atoms with E-state index in [1.807, 2.05) is 34.6 Å². The molecule has 0 bridgehead atoms. The lowest BCUT2D eigenvalue weighted by Gasteiger charge is -2.24. The molecule has 1 aliphatic carbocycles. The van der Waals surface area contributed by atoms with Crippen LogP contribution in [-0.4, -0.2) is 54.2 Å². The van der Waals surface area contributed by atoms with E-state index in [4.69, 9.17) is 5.84 Å². The van der Waals surface area contributed by atoms with Crippen molar-refractivity contribution in [1.82, 2.24) is 33.9 Å². The zero-order chi connectivity index (χ0) is 26.7. The fraction of sp³-hybridized carbons (Fsp3) is 0.727. The molecular formula is C22H39N9O4. The molecule has 0 aromatic carbocycles. The van der Waals surface area contributed by atoms with Crippen molar-refractivity contribution in [1.29, 1.82) is 0 Å². The Kier molecular flexibility index (Phi) is 8.69. The van der Waals surface area contributed by atoms with Gasteiger partial charge in [-0.25, -0.2) is 23.7 Å². The van der Waals surface area contributed by atoms with Crippen LogP contribution < -0.4 is 33.1 Å². The van der Waals surface area contributed by atoms with Crippen LogP contribution in [0.25, 0.3) is 0 Å². The van der Waals surface area contributed by atoms with Crippen molar-refractivity contribution in [2.24, 2.45) is 7.05 Å². The number of hydrogen-bond donors (Lipinski definition) is 2. The third kappa shape index (κ3) is 6.61. The first-order valence-electron chi connectivity index (χ1n) is 11.8. The summed E-state index contributed by atoms with van der Waals surface area (Å²) >= 11 is 0. The van der Waals surface area contributed by atoms with Crippen molar-refractivity contribution in [3.63, 3.8) is 0 Å². The Morgan fingerprint density at radius 3 is 2.11 bits per heavy atom. The van der Waals surface area contributed by atoms with E-state index in [0.29, 0.717) is 11.8 Å². The summed E-state index contributed by atoms with van der Waals surface area (Å²) in [6.45, 7) is 9.14. The van der Waals surface area contributed by atoms with Gasteiger partial charge in [0.1, 0.15) is 0 Å². The number of nitrogens with zero attached hydrogens (tertiary/aromatic N) is 7. The molecule has 3 N–H and O–H groups in total. The zero-order valence-electron chi connectivity index (χ0n) is 22.0. The van der Waals surface area contributed by atoms with Gasteiger partial charge < -0.3 is 16.1 Å². The molecule has 3 rings (SSSR count). The van der Waals surface area contributed by atoms with Crippen molar-refractivity contribution >= 4 is 12.0 Å². The van der Waals surface area contributed by atoms with Gasteiger partial charge in [0.2, 0.25) is 5.95 Å². The van der Waals surface area contributed by atoms with Crippen molar-refractivity contribution in [2.75, 3.05) is 24.8 Å². The predicted molar refractivity (Wildman–Crippen MR) is 135 cm³/mol. The number of amides is 1. The molecule has 2 aromatic rings. The lowest BCUT2D eigenvalue weighted by atomic mass is 9.95. The Balaban J connectivity index is 0.000000247. The zero-order valence-corrected chi connectivity index (χ0v) is 22.0. The summed E-state index contributed by atoms with van der Waals surface area (Å²) in [5, 5.41) is 6.57. The molecule has 0 aliphatic heterocycles. The number of carbonyl (C=O) groups excluding carboxylic acids is 1. The number of rotatable bonds is 3. The highest BCUT2D eigenvalue weighted by Gasteiger charge is 2.23. The minimum Gasteiger partial charge on any atom is -0.348 e. The molecular weight excluding hydrogens is 454 g/mol. The molecule has 13 heteroatoms. The van der Waals surface area contributed by atoms with E-state index in [1.165, 1.54) is 15.6 Å². The van der Waals surface area contributed by atoms with Gasteiger partial charge >= 0.3 is 23.1 Å². The highest BCUT2D eigenvalue weighted by Crippen LogP contribution is 2.25. The van der Waals surface area contributed by atoms with Crippen LogP contribution in [0.15, 0.2) is 14.4 Å². The van der Waals surface area contributed by atoms with Crippen LogP contribution in [0.5, 0.6) is 0 Å². The minimum absolute atomic E-state index is 0.0219. The number of carbonyl (C=O) groups is 1. The number of nitrogens with two attached hydrogens (primary N) is 1. The number of nitrogens with one attached hydrogen (secondary N) is 1. The molecule has 1 aliphatic rings. The minimum atomic E-state index is -0.643. The van der Waals surface area contributed by atoms with Crippen LogP contribution in [0.2, 0.25) is 0 Å². The van der Waals surface area contributed by atoms with Crippen LogP contribution >= 0.6 is 0 Å². The van der Waals surface area contributed by atoms with Crippen LogP contribution in [0.1, 0.15) is 84.5 Å². The maximum absolute atomic E-state index is 12.3. The maximum Gasteiger partial charge on any atom is 0.373 e. The van der Waals surface area contributed by atoms with Crippen molar-refractivity contribution in [2.45, 2.75) is 84.2 Å². The maximum atomic E-state index is 12.3. The van der Waals surface area contributed by atoms with Gasteiger partial charge in [0, 0.05) is 38.6 Å². The van der Waals surface area contributed by atoms with Crippen molar-refractivity contribution in [3.05, 3.63) is 37.3 Å². The van der Waals surface area contributed by atoms with Crippen LogP contribution in [0.4, 0.5) is 10.7 Å². The van der Waals surface area contributed by atoms with Gasteiger partial charge in [-0.15, -0.1) is 9.78 Å². The molecule has 0 atom stereocenters. The Morgan fingerprint density at radius 1 is 1.09 bits per heavy atom. The molecule has 2 aromatic heterocycles. The molecule has 0 saturated heterocycles. The Labute approximate surface area is 204 Å². The Hall–Kier alpha value is -3.38. The lowest BCUT2D eigenvalue weighted by molar-refractivity contribution is 0.229. The largest absolute Gasteiger partial charge is 0.373 e. The van der Waals surface area contributed by atoms with Crippen molar-refractivity contribution < 1.29 is 4.79 Å². The van der Waals surface area contributed by atoms with E-state index in [2.05, 4.69) is 15.4 Å². The van der Waals surface area contributed by atoms with Gasteiger partial charge in [-0.2, -0.15) is 9.66 Å². The highest BCUT2D eigenvalue weighted by atomic mass is 16.2. The second-order valence-electron chi connectivity index (χ2n) is 10.3. The summed E-state index contributed by atoms with van der Waals surface area (Å²) < 4.78 is 4.41. The van der Waals surface area contributed by atoms with Crippen LogP contribution in [0.3, 0.4) is 0 Å². The number of aromatic nitrogens is 6. The highest BCUT2D eigenvalue weighted by molar-refractivity contribution is 5.76. The van der Waals surface area contributed by atoms with E-state index in [9.17, 15) is 19.2 Å². The summed E-state index contributed by atoms with van der Waals surface area (Å²) in [5.41, 5.74) is -1.76. The molecule has 35 heavy (non-hydrogen) atoms. The topological polar surface area (TPSA) is 155 Å². The molecule has 196 valence electrons. The molecule has 0 spiro atoms. The first-order valence-corrected chi connectivity index (χ1v) is 11.8. The molecule has 0 unspecified atom stereocenters. The monoisotopic (exact) mass is 493 g/mol. The van der Waals surface area contributed by atoms with Crippen LogP contribution in [0, 0.1) is 0 Å².